The molecule has 3 aromatic rings. The first-order valence-corrected chi connectivity index (χ1v) is 15.6. The van der Waals surface area contributed by atoms with Crippen LogP contribution in [0.15, 0.2) is 29.6 Å². The molecule has 38 heavy (non-hydrogen) atoms. The van der Waals surface area contributed by atoms with Crippen LogP contribution in [-0.4, -0.2) is 22.0 Å². The lowest BCUT2D eigenvalue weighted by Crippen LogP contribution is -2.30. The van der Waals surface area contributed by atoms with Crippen molar-refractivity contribution in [1.29, 1.82) is 0 Å². The summed E-state index contributed by atoms with van der Waals surface area (Å²) in [5.41, 5.74) is 3.71. The Kier molecular flexibility index (Phi) is 9.34. The Morgan fingerprint density at radius 1 is 1.00 bits per heavy atom. The fourth-order valence-electron chi connectivity index (χ4n) is 5.93. The second-order valence-corrected chi connectivity index (χ2v) is 12.7. The zero-order valence-electron chi connectivity index (χ0n) is 22.1. The van der Waals surface area contributed by atoms with E-state index >= 15 is 0 Å². The second kappa shape index (κ2) is 12.9. The molecule has 204 valence electrons. The highest BCUT2D eigenvalue weighted by Gasteiger charge is 2.24. The van der Waals surface area contributed by atoms with E-state index < -0.39 is 0 Å². The number of hydrogen-bond acceptors (Lipinski definition) is 4. The van der Waals surface area contributed by atoms with Gasteiger partial charge in [-0.1, -0.05) is 61.7 Å². The van der Waals surface area contributed by atoms with Gasteiger partial charge < -0.3 is 14.6 Å². The molecule has 0 unspecified atom stereocenters. The van der Waals surface area contributed by atoms with Crippen LogP contribution in [0.4, 0.5) is 0 Å². The number of aromatic nitrogens is 2. The van der Waals surface area contributed by atoms with Gasteiger partial charge in [-0.05, 0) is 68.7 Å². The van der Waals surface area contributed by atoms with Crippen LogP contribution in [0.3, 0.4) is 0 Å². The van der Waals surface area contributed by atoms with Gasteiger partial charge in [0.25, 0.3) is 5.91 Å². The smallest absolute Gasteiger partial charge is 0.253 e. The third-order valence-electron chi connectivity index (χ3n) is 8.07. The van der Waals surface area contributed by atoms with Crippen LogP contribution < -0.4 is 10.1 Å². The van der Waals surface area contributed by atoms with Crippen molar-refractivity contribution in [2.24, 2.45) is 11.8 Å². The molecular formula is C30H37Cl2N3O2S. The number of carbonyl (C=O) groups is 1. The molecule has 5 rings (SSSR count). The van der Waals surface area contributed by atoms with Gasteiger partial charge in [-0.25, -0.2) is 4.98 Å². The van der Waals surface area contributed by atoms with E-state index in [1.807, 2.05) is 6.07 Å². The summed E-state index contributed by atoms with van der Waals surface area (Å²) in [7, 11) is 0. The number of halogens is 2. The molecule has 2 saturated carbocycles. The summed E-state index contributed by atoms with van der Waals surface area (Å²) in [4.78, 5) is 18.2. The Hall–Kier alpha value is -2.02. The van der Waals surface area contributed by atoms with Crippen LogP contribution in [-0.2, 0) is 13.2 Å². The molecule has 0 radical (unpaired) electrons. The summed E-state index contributed by atoms with van der Waals surface area (Å²) in [6, 6.07) is 7.23. The SMILES string of the molecule is Cc1c(C(=O)NCC2CCCCC2)cc(-c2csc(COc3cc(Cl)cc(Cl)c3)n2)n1CC1CCCCC1. The van der Waals surface area contributed by atoms with Gasteiger partial charge in [-0.15, -0.1) is 11.3 Å². The molecule has 0 atom stereocenters. The number of thiazole rings is 1. The summed E-state index contributed by atoms with van der Waals surface area (Å²) in [6.07, 6.45) is 12.7. The Balaban J connectivity index is 1.34. The Bertz CT molecular complexity index is 1220. The third-order valence-corrected chi connectivity index (χ3v) is 9.32. The van der Waals surface area contributed by atoms with Crippen molar-refractivity contribution >= 4 is 40.4 Å². The molecule has 1 aromatic carbocycles. The largest absolute Gasteiger partial charge is 0.486 e. The van der Waals surface area contributed by atoms with Crippen molar-refractivity contribution in [3.8, 4) is 17.1 Å². The predicted molar refractivity (Wildman–Crippen MR) is 157 cm³/mol. The molecule has 2 aliphatic carbocycles. The maximum Gasteiger partial charge on any atom is 0.253 e. The van der Waals surface area contributed by atoms with Crippen LogP contribution >= 0.6 is 34.5 Å². The van der Waals surface area contributed by atoms with Crippen molar-refractivity contribution in [1.82, 2.24) is 14.9 Å². The molecule has 2 heterocycles. The minimum atomic E-state index is 0.0355. The summed E-state index contributed by atoms with van der Waals surface area (Å²) in [5.74, 6) is 1.90. The molecule has 2 aliphatic rings. The van der Waals surface area contributed by atoms with E-state index in [9.17, 15) is 4.79 Å². The van der Waals surface area contributed by atoms with Crippen LogP contribution in [0.5, 0.6) is 5.75 Å². The molecule has 0 spiro atoms. The number of rotatable bonds is 9. The van der Waals surface area contributed by atoms with Gasteiger partial charge >= 0.3 is 0 Å². The lowest BCUT2D eigenvalue weighted by molar-refractivity contribution is 0.0942. The summed E-state index contributed by atoms with van der Waals surface area (Å²) in [6.45, 7) is 4.12. The molecule has 0 bridgehead atoms. The van der Waals surface area contributed by atoms with Crippen LogP contribution in [0, 0.1) is 18.8 Å². The summed E-state index contributed by atoms with van der Waals surface area (Å²) < 4.78 is 8.25. The van der Waals surface area contributed by atoms with Crippen molar-refractivity contribution in [2.75, 3.05) is 6.54 Å². The second-order valence-electron chi connectivity index (χ2n) is 10.9. The number of nitrogens with one attached hydrogen (secondary N) is 1. The van der Waals surface area contributed by atoms with E-state index in [1.54, 1.807) is 29.5 Å². The average molecular weight is 575 g/mol. The molecule has 1 N–H and O–H groups in total. The van der Waals surface area contributed by atoms with Crippen molar-refractivity contribution in [3.63, 3.8) is 0 Å². The van der Waals surface area contributed by atoms with Gasteiger partial charge in [0.2, 0.25) is 0 Å². The fourth-order valence-corrected chi connectivity index (χ4v) is 7.13. The van der Waals surface area contributed by atoms with Gasteiger partial charge in [0.05, 0.1) is 17.0 Å². The van der Waals surface area contributed by atoms with Crippen molar-refractivity contribution in [3.05, 3.63) is 56.0 Å². The quantitative estimate of drug-likeness (QED) is 0.278. The summed E-state index contributed by atoms with van der Waals surface area (Å²) >= 11 is 13.8. The Morgan fingerprint density at radius 3 is 2.34 bits per heavy atom. The maximum atomic E-state index is 13.3. The standard InChI is InChI=1S/C30H37Cl2N3O2S/c1-20-26(30(36)33-16-21-8-4-2-5-9-21)15-28(35(20)17-22-10-6-3-7-11-22)27-19-38-29(34-27)18-37-25-13-23(31)12-24(32)14-25/h12-15,19,21-22H,2-11,16-18H2,1H3,(H,33,36). The molecule has 8 heteroatoms. The van der Waals surface area contributed by atoms with Crippen LogP contribution in [0.2, 0.25) is 10.0 Å². The number of amides is 1. The fraction of sp³-hybridized carbons (Fsp3) is 0.533. The van der Waals surface area contributed by atoms with E-state index in [-0.39, 0.29) is 5.91 Å². The van der Waals surface area contributed by atoms with Gasteiger partial charge in [0.1, 0.15) is 17.4 Å². The van der Waals surface area contributed by atoms with Gasteiger partial charge in [-0.2, -0.15) is 0 Å². The van der Waals surface area contributed by atoms with E-state index in [0.29, 0.717) is 34.2 Å². The zero-order valence-corrected chi connectivity index (χ0v) is 24.4. The van der Waals surface area contributed by atoms with Gasteiger partial charge in [-0.3, -0.25) is 4.79 Å². The number of benzene rings is 1. The maximum absolute atomic E-state index is 13.3. The highest BCUT2D eigenvalue weighted by atomic mass is 35.5. The highest BCUT2D eigenvalue weighted by Crippen LogP contribution is 2.33. The normalized spacial score (nSPS) is 17.0. The van der Waals surface area contributed by atoms with E-state index in [1.165, 1.54) is 64.2 Å². The van der Waals surface area contributed by atoms with E-state index in [2.05, 4.69) is 22.2 Å². The molecule has 0 aliphatic heterocycles. The topological polar surface area (TPSA) is 56.1 Å². The number of carbonyl (C=O) groups excluding carboxylic acids is 1. The summed E-state index contributed by atoms with van der Waals surface area (Å²) in [5, 5.41) is 7.26. The first-order chi connectivity index (χ1) is 18.5. The Labute approximate surface area is 239 Å². The predicted octanol–water partition coefficient (Wildman–Crippen LogP) is 8.70. The lowest BCUT2D eigenvalue weighted by atomic mass is 9.89. The van der Waals surface area contributed by atoms with Crippen molar-refractivity contribution in [2.45, 2.75) is 84.3 Å². The highest BCUT2D eigenvalue weighted by molar-refractivity contribution is 7.09. The average Bonchev–Trinajstić information content (AvgIpc) is 3.51. The minimum Gasteiger partial charge on any atom is -0.486 e. The molecule has 2 fully saturated rings. The van der Waals surface area contributed by atoms with Crippen LogP contribution in [0.25, 0.3) is 11.4 Å². The zero-order chi connectivity index (χ0) is 26.5. The molecule has 1 amide bonds. The molecule has 2 aromatic heterocycles. The molecule has 5 nitrogen and oxygen atoms in total. The Morgan fingerprint density at radius 2 is 1.66 bits per heavy atom. The lowest BCUT2D eigenvalue weighted by Gasteiger charge is -2.24. The monoisotopic (exact) mass is 573 g/mol. The van der Waals surface area contributed by atoms with Gasteiger partial charge in [0.15, 0.2) is 0 Å². The van der Waals surface area contributed by atoms with Gasteiger partial charge in [0, 0.05) is 34.2 Å². The first-order valence-electron chi connectivity index (χ1n) is 14.0. The number of hydrogen-bond donors (Lipinski definition) is 1. The minimum absolute atomic E-state index is 0.0355. The third kappa shape index (κ3) is 6.94. The van der Waals surface area contributed by atoms with E-state index in [4.69, 9.17) is 32.9 Å². The number of nitrogens with zero attached hydrogens (tertiary/aromatic N) is 2. The number of ether oxygens (including phenoxy) is 1. The molecular weight excluding hydrogens is 537 g/mol. The van der Waals surface area contributed by atoms with E-state index in [0.717, 1.165) is 40.7 Å². The van der Waals surface area contributed by atoms with Crippen molar-refractivity contribution < 1.29 is 9.53 Å². The van der Waals surface area contributed by atoms with Crippen LogP contribution in [0.1, 0.15) is 85.3 Å². The molecule has 0 saturated heterocycles. The first kappa shape index (κ1) is 27.5.